The van der Waals surface area contributed by atoms with E-state index < -0.39 is 0 Å². The van der Waals surface area contributed by atoms with Gasteiger partial charge in [0.1, 0.15) is 0 Å². The molecule has 6 aliphatic carbocycles. The first-order valence-electron chi connectivity index (χ1n) is 16.6. The van der Waals surface area contributed by atoms with Gasteiger partial charge in [0.25, 0.3) is 0 Å². The lowest BCUT2D eigenvalue weighted by Gasteiger charge is -2.68. The molecule has 6 aliphatic rings. The number of hydrogen-bond acceptors (Lipinski definition) is 2. The minimum absolute atomic E-state index is 0.446. The molecule has 6 rings (SSSR count). The van der Waals surface area contributed by atoms with Gasteiger partial charge in [-0.05, 0) is 136 Å². The van der Waals surface area contributed by atoms with E-state index in [1.165, 1.54) is 103 Å². The summed E-state index contributed by atoms with van der Waals surface area (Å²) in [6.45, 7) is 14.3. The van der Waals surface area contributed by atoms with E-state index in [1.807, 2.05) is 6.92 Å². The predicted octanol–water partition coefficient (Wildman–Crippen LogP) is 9.18. The zero-order chi connectivity index (χ0) is 27.6. The first kappa shape index (κ1) is 30.2. The molecular formula is C36H61NO. The lowest BCUT2D eigenvalue weighted by Crippen LogP contribution is -2.62. The van der Waals surface area contributed by atoms with Crippen molar-refractivity contribution >= 4 is 0 Å². The summed E-state index contributed by atoms with van der Waals surface area (Å²) in [5.74, 6) is 5.45. The third-order valence-electron chi connectivity index (χ3n) is 13.5. The van der Waals surface area contributed by atoms with E-state index in [4.69, 9.17) is 10.5 Å². The maximum atomic E-state index is 6.74. The van der Waals surface area contributed by atoms with Crippen LogP contribution in [0.25, 0.3) is 0 Å². The van der Waals surface area contributed by atoms with Crippen LogP contribution in [0.2, 0.25) is 0 Å². The van der Waals surface area contributed by atoms with Crippen molar-refractivity contribution in [1.82, 2.24) is 0 Å². The molecular weight excluding hydrogens is 462 g/mol. The molecule has 0 bridgehead atoms. The minimum atomic E-state index is 0.446. The zero-order valence-corrected chi connectivity index (χ0v) is 25.6. The van der Waals surface area contributed by atoms with Crippen molar-refractivity contribution in [3.8, 4) is 12.8 Å². The quantitative estimate of drug-likeness (QED) is 0.295. The van der Waals surface area contributed by atoms with E-state index >= 15 is 0 Å². The maximum Gasteiger partial charge on any atom is 0.0575 e. The normalized spacial score (nSPS) is 47.9. The molecule has 2 N–H and O–H groups in total. The highest BCUT2D eigenvalue weighted by Gasteiger charge is 2.64. The van der Waals surface area contributed by atoms with Crippen molar-refractivity contribution in [1.29, 1.82) is 0 Å². The van der Waals surface area contributed by atoms with E-state index in [9.17, 15) is 0 Å². The summed E-state index contributed by atoms with van der Waals surface area (Å²) in [5.41, 5.74) is 8.25. The van der Waals surface area contributed by atoms with Gasteiger partial charge in [-0.25, -0.2) is 0 Å². The Morgan fingerprint density at radius 2 is 1.42 bits per heavy atom. The Labute approximate surface area is 236 Å². The van der Waals surface area contributed by atoms with Gasteiger partial charge in [0.15, 0.2) is 0 Å². The summed E-state index contributed by atoms with van der Waals surface area (Å²) in [4.78, 5) is 0. The first-order valence-corrected chi connectivity index (χ1v) is 16.6. The summed E-state index contributed by atoms with van der Waals surface area (Å²) in [6.07, 6.45) is 33.2. The minimum Gasteiger partial charge on any atom is -0.378 e. The third kappa shape index (κ3) is 5.18. The van der Waals surface area contributed by atoms with Gasteiger partial charge < -0.3 is 10.5 Å². The van der Waals surface area contributed by atoms with Crippen LogP contribution in [0.5, 0.6) is 0 Å². The van der Waals surface area contributed by atoms with Crippen molar-refractivity contribution in [2.75, 3.05) is 6.61 Å². The number of allylic oxidation sites excluding steroid dienone is 1. The molecule has 38 heavy (non-hydrogen) atoms. The van der Waals surface area contributed by atoms with E-state index in [0.29, 0.717) is 28.4 Å². The maximum absolute atomic E-state index is 6.74. The van der Waals surface area contributed by atoms with Crippen LogP contribution in [0.15, 0.2) is 12.7 Å². The van der Waals surface area contributed by atoms with Gasteiger partial charge in [-0.1, -0.05) is 52.5 Å². The molecule has 0 aromatic rings. The fourth-order valence-electron chi connectivity index (χ4n) is 11.8. The van der Waals surface area contributed by atoms with Crippen molar-refractivity contribution in [3.05, 3.63) is 12.7 Å². The Morgan fingerprint density at radius 1 is 0.789 bits per heavy atom. The van der Waals surface area contributed by atoms with Crippen LogP contribution in [0, 0.1) is 64.6 Å². The molecule has 6 fully saturated rings. The van der Waals surface area contributed by atoms with Crippen LogP contribution in [-0.2, 0) is 4.74 Å². The number of nitrogens with two attached hydrogens (primary N) is 1. The largest absolute Gasteiger partial charge is 0.378 e. The summed E-state index contributed by atoms with van der Waals surface area (Å²) in [5, 5.41) is 0. The molecule has 216 valence electrons. The Hall–Kier alpha value is -0.780. The molecule has 0 aromatic heterocycles. The van der Waals surface area contributed by atoms with Crippen LogP contribution < -0.4 is 5.73 Å². The fourth-order valence-corrected chi connectivity index (χ4v) is 11.8. The van der Waals surface area contributed by atoms with Crippen molar-refractivity contribution in [2.24, 2.45) is 57.5 Å². The Morgan fingerprint density at radius 3 is 2.13 bits per heavy atom. The van der Waals surface area contributed by atoms with Crippen molar-refractivity contribution < 1.29 is 4.74 Å². The third-order valence-corrected chi connectivity index (χ3v) is 13.5. The lowest BCUT2D eigenvalue weighted by molar-refractivity contribution is -0.190. The molecule has 0 aromatic carbocycles. The summed E-state index contributed by atoms with van der Waals surface area (Å²) < 4.78 is 6.74. The van der Waals surface area contributed by atoms with Gasteiger partial charge in [-0.2, -0.15) is 0 Å². The van der Waals surface area contributed by atoms with Crippen LogP contribution in [0.3, 0.4) is 0 Å². The summed E-state index contributed by atoms with van der Waals surface area (Å²) in [6, 6.07) is 0.446. The fraction of sp³-hybridized carbons (Fsp3) is 0.889. The molecule has 0 saturated heterocycles. The highest BCUT2D eigenvalue weighted by molar-refractivity contribution is 5.13. The number of terminal acetylenes is 1. The molecule has 6 saturated carbocycles. The average molecular weight is 524 g/mol. The Bertz CT molecular complexity index is 798. The van der Waals surface area contributed by atoms with Gasteiger partial charge in [0, 0.05) is 6.04 Å². The standard InChI is InChI=1S/C31H53NO.C3H6.C2H2/c1-21-24-13-17-30(3)25-14-19-31(20-33-22-8-5-4-6-9-22)16-7-10-26(31)23(25)11-12-28(30)29(24,2)18-15-27(21)32;1-3-2;1-2/h21-28H,4-20,32H2,1-3H3;3H,1H2,2H3;1-2H. The van der Waals surface area contributed by atoms with Crippen molar-refractivity contribution in [3.63, 3.8) is 0 Å². The second-order valence-electron chi connectivity index (χ2n) is 15.0. The number of hydrogen-bond donors (Lipinski definition) is 1. The monoisotopic (exact) mass is 523 g/mol. The van der Waals surface area contributed by atoms with Crippen LogP contribution in [-0.4, -0.2) is 18.8 Å². The summed E-state index contributed by atoms with van der Waals surface area (Å²) >= 11 is 0. The molecule has 0 spiro atoms. The van der Waals surface area contributed by atoms with Crippen LogP contribution in [0.1, 0.15) is 130 Å². The Kier molecular flexibility index (Phi) is 9.84. The van der Waals surface area contributed by atoms with Gasteiger partial charge >= 0.3 is 0 Å². The SMILES string of the molecule is C#C.C=CC.CC1C(N)CCC2(C)C1CCC1(C)C3CCC4(COC5CCCCC5)CCCC4C3CCC21. The molecule has 0 heterocycles. The molecule has 10 unspecified atom stereocenters. The lowest BCUT2D eigenvalue weighted by atomic mass is 9.37. The molecule has 2 heteroatoms. The number of fused-ring (bicyclic) bond motifs is 7. The number of rotatable bonds is 3. The van der Waals surface area contributed by atoms with Gasteiger partial charge in [0.05, 0.1) is 12.7 Å². The molecule has 0 radical (unpaired) electrons. The van der Waals surface area contributed by atoms with E-state index in [0.717, 1.165) is 42.1 Å². The van der Waals surface area contributed by atoms with E-state index in [2.05, 4.69) is 40.2 Å². The van der Waals surface area contributed by atoms with Crippen molar-refractivity contribution in [2.45, 2.75) is 143 Å². The molecule has 10 atom stereocenters. The van der Waals surface area contributed by atoms with E-state index in [-0.39, 0.29) is 0 Å². The zero-order valence-electron chi connectivity index (χ0n) is 25.6. The van der Waals surface area contributed by atoms with Crippen LogP contribution in [0.4, 0.5) is 0 Å². The summed E-state index contributed by atoms with van der Waals surface area (Å²) in [7, 11) is 0. The Balaban J connectivity index is 0.000000630. The highest BCUT2D eigenvalue weighted by atomic mass is 16.5. The molecule has 2 nitrogen and oxygen atoms in total. The second kappa shape index (κ2) is 12.4. The van der Waals surface area contributed by atoms with E-state index in [1.54, 1.807) is 6.08 Å². The second-order valence-corrected chi connectivity index (χ2v) is 15.0. The first-order chi connectivity index (χ1) is 18.3. The van der Waals surface area contributed by atoms with Gasteiger partial charge in [0.2, 0.25) is 0 Å². The highest BCUT2D eigenvalue weighted by Crippen LogP contribution is 2.71. The molecule has 0 aliphatic heterocycles. The van der Waals surface area contributed by atoms with Gasteiger partial charge in [-0.3, -0.25) is 0 Å². The van der Waals surface area contributed by atoms with Crippen LogP contribution >= 0.6 is 0 Å². The topological polar surface area (TPSA) is 35.2 Å². The smallest absolute Gasteiger partial charge is 0.0575 e. The van der Waals surface area contributed by atoms with Gasteiger partial charge in [-0.15, -0.1) is 19.4 Å². The predicted molar refractivity (Wildman–Crippen MR) is 163 cm³/mol. The average Bonchev–Trinajstić information content (AvgIpc) is 3.37. The molecule has 0 amide bonds. The number of ether oxygens (including phenoxy) is 1.